The van der Waals surface area contributed by atoms with E-state index in [4.69, 9.17) is 18.6 Å². The average Bonchev–Trinajstić information content (AvgIpc) is 2.93. The lowest BCUT2D eigenvalue weighted by Crippen LogP contribution is -2.53. The van der Waals surface area contributed by atoms with Gasteiger partial charge in [-0.15, -0.1) is 0 Å². The molecule has 33 heavy (non-hydrogen) atoms. The van der Waals surface area contributed by atoms with Gasteiger partial charge >= 0.3 is 5.97 Å². The largest absolute Gasteiger partial charge is 0.469 e. The summed E-state index contributed by atoms with van der Waals surface area (Å²) in [4.78, 5) is 13.4. The Morgan fingerprint density at radius 3 is 2.18 bits per heavy atom. The van der Waals surface area contributed by atoms with Gasteiger partial charge in [0, 0.05) is 23.9 Å². The first-order valence-electron chi connectivity index (χ1n) is 12.3. The number of methoxy groups -OCH3 is 2. The summed E-state index contributed by atoms with van der Waals surface area (Å²) < 4.78 is 24.5. The predicted octanol–water partition coefficient (Wildman–Crippen LogP) is 5.97. The molecule has 4 aliphatic rings. The normalized spacial score (nSPS) is 42.3. The number of fused-ring (bicyclic) bond motifs is 1. The van der Waals surface area contributed by atoms with E-state index in [1.807, 2.05) is 0 Å². The van der Waals surface area contributed by atoms with Crippen LogP contribution in [0, 0.1) is 34.5 Å². The average molecular weight is 479 g/mol. The van der Waals surface area contributed by atoms with Crippen molar-refractivity contribution in [3.8, 4) is 0 Å². The Morgan fingerprint density at radius 2 is 1.67 bits per heavy atom. The van der Waals surface area contributed by atoms with Crippen LogP contribution in [0.4, 0.5) is 0 Å². The number of carbonyl (C=O) groups is 1. The molecule has 0 aromatic heterocycles. The number of ether oxygens (including phenoxy) is 3. The number of allylic oxidation sites excluding steroid dienone is 4. The van der Waals surface area contributed by atoms with Crippen LogP contribution in [0.1, 0.15) is 55.4 Å². The lowest BCUT2D eigenvalue weighted by Gasteiger charge is -2.52. The van der Waals surface area contributed by atoms with Crippen LogP contribution in [0.3, 0.4) is 0 Å². The molecule has 0 aliphatic heterocycles. The lowest BCUT2D eigenvalue weighted by molar-refractivity contribution is -0.161. The zero-order valence-corrected chi connectivity index (χ0v) is 23.9. The van der Waals surface area contributed by atoms with Gasteiger partial charge in [0.05, 0.1) is 25.2 Å². The minimum Gasteiger partial charge on any atom is -0.469 e. The number of esters is 1. The molecule has 1 saturated carbocycles. The van der Waals surface area contributed by atoms with Crippen molar-refractivity contribution in [2.45, 2.75) is 85.7 Å². The molecular weight excluding hydrogens is 432 g/mol. The molecule has 0 amide bonds. The lowest BCUT2D eigenvalue weighted by atomic mass is 9.52. The van der Waals surface area contributed by atoms with Crippen molar-refractivity contribution < 1.29 is 23.4 Å². The van der Waals surface area contributed by atoms with E-state index in [9.17, 15) is 4.79 Å². The third kappa shape index (κ3) is 3.99. The zero-order valence-electron chi connectivity index (χ0n) is 22.9. The fourth-order valence-electron chi connectivity index (χ4n) is 6.92. The second-order valence-electron chi connectivity index (χ2n) is 12.6. The molecule has 5 nitrogen and oxygen atoms in total. The number of carbonyl (C=O) groups excluding carboxylic acids is 1. The third-order valence-electron chi connectivity index (χ3n) is 9.65. The van der Waals surface area contributed by atoms with Crippen LogP contribution in [-0.2, 0) is 23.4 Å². The van der Waals surface area contributed by atoms with Gasteiger partial charge in [-0.25, -0.2) is 0 Å². The van der Waals surface area contributed by atoms with E-state index in [1.165, 1.54) is 18.3 Å². The first kappa shape index (κ1) is 26.6. The maximum atomic E-state index is 13.4. The molecule has 4 unspecified atom stereocenters. The summed E-state index contributed by atoms with van der Waals surface area (Å²) in [5.41, 5.74) is 1.97. The van der Waals surface area contributed by atoms with Crippen LogP contribution in [0.15, 0.2) is 23.3 Å². The maximum absolute atomic E-state index is 13.4. The van der Waals surface area contributed by atoms with Gasteiger partial charge in [0.1, 0.15) is 6.79 Å². The van der Waals surface area contributed by atoms with Crippen molar-refractivity contribution in [2.75, 3.05) is 21.0 Å². The first-order valence-corrected chi connectivity index (χ1v) is 15.2. The van der Waals surface area contributed by atoms with Crippen LogP contribution in [0.5, 0.6) is 0 Å². The Morgan fingerprint density at radius 1 is 1.09 bits per heavy atom. The van der Waals surface area contributed by atoms with Crippen molar-refractivity contribution in [3.63, 3.8) is 0 Å². The van der Waals surface area contributed by atoms with Crippen LogP contribution in [0.25, 0.3) is 0 Å². The number of hydrogen-bond acceptors (Lipinski definition) is 5. The van der Waals surface area contributed by atoms with Crippen LogP contribution >= 0.6 is 0 Å². The van der Waals surface area contributed by atoms with Gasteiger partial charge in [-0.1, -0.05) is 64.8 Å². The molecule has 188 valence electrons. The van der Waals surface area contributed by atoms with Crippen molar-refractivity contribution in [1.29, 1.82) is 0 Å². The molecule has 0 spiro atoms. The Bertz CT molecular complexity index is 840. The molecule has 0 aromatic rings. The van der Waals surface area contributed by atoms with Crippen molar-refractivity contribution in [3.05, 3.63) is 23.3 Å². The van der Waals surface area contributed by atoms with Gasteiger partial charge in [-0.05, 0) is 43.8 Å². The highest BCUT2D eigenvalue weighted by molar-refractivity contribution is 6.74. The summed E-state index contributed by atoms with van der Waals surface area (Å²) in [5, 5.41) is 0.0585. The first-order chi connectivity index (χ1) is 15.1. The van der Waals surface area contributed by atoms with E-state index in [2.05, 4.69) is 80.6 Å². The predicted molar refractivity (Wildman–Crippen MR) is 134 cm³/mol. The zero-order chi connectivity index (χ0) is 25.1. The second-order valence-corrected chi connectivity index (χ2v) is 17.4. The van der Waals surface area contributed by atoms with Gasteiger partial charge in [-0.2, -0.15) is 0 Å². The highest BCUT2D eigenvalue weighted by Gasteiger charge is 2.69. The van der Waals surface area contributed by atoms with Crippen LogP contribution in [-0.4, -0.2) is 47.5 Å². The van der Waals surface area contributed by atoms with E-state index < -0.39 is 13.7 Å². The Labute approximate surface area is 202 Å². The van der Waals surface area contributed by atoms with Crippen molar-refractivity contribution in [1.82, 2.24) is 0 Å². The SMILES string of the molecule is COCO[C@H]1C2C(C(=O)OC)C3(C)C=C(C)C2[C@@](C)([C@@H]1O[Si](C)(C)C(C)(C)C)[C@@H](C)/C(C)=C\3. The Balaban J connectivity index is 2.30. The molecule has 4 rings (SSSR count). The highest BCUT2D eigenvalue weighted by Crippen LogP contribution is 2.67. The molecule has 4 aliphatic carbocycles. The topological polar surface area (TPSA) is 54.0 Å². The molecule has 0 aromatic carbocycles. The quantitative estimate of drug-likeness (QED) is 0.204. The molecule has 0 saturated heterocycles. The monoisotopic (exact) mass is 478 g/mol. The third-order valence-corrected chi connectivity index (χ3v) is 14.1. The van der Waals surface area contributed by atoms with E-state index in [0.717, 1.165) is 0 Å². The molecule has 8 atom stereocenters. The van der Waals surface area contributed by atoms with E-state index >= 15 is 0 Å². The summed E-state index contributed by atoms with van der Waals surface area (Å²) in [6.45, 7) is 22.9. The second kappa shape index (κ2) is 8.61. The number of rotatable bonds is 6. The summed E-state index contributed by atoms with van der Waals surface area (Å²) in [6, 6.07) is 0. The van der Waals surface area contributed by atoms with Crippen LogP contribution < -0.4 is 0 Å². The van der Waals surface area contributed by atoms with E-state index in [1.54, 1.807) is 7.11 Å². The van der Waals surface area contributed by atoms with Crippen LogP contribution in [0.2, 0.25) is 18.1 Å². The summed E-state index contributed by atoms with van der Waals surface area (Å²) in [6.07, 6.45) is 4.21. The Hall–Kier alpha value is -0.953. The minimum absolute atomic E-state index is 0.0471. The summed E-state index contributed by atoms with van der Waals surface area (Å²) in [5.74, 6) is -0.124. The standard InChI is InChI=1S/C27H46O5Si/c1-16-13-26(7)14-17(2)20-19(21(26)24(28)30-10)22(31-15-29-9)23(27(20,8)18(16)3)32-33(11,12)25(4,5)6/h13-14,18-23H,15H2,1-12H3/b16-13-/t18-,19?,20?,21?,22-,23+,26?,27-/m0/s1. The summed E-state index contributed by atoms with van der Waals surface area (Å²) in [7, 11) is 1.000. The van der Waals surface area contributed by atoms with Gasteiger partial charge in [0.2, 0.25) is 0 Å². The number of hydrogen-bond donors (Lipinski definition) is 0. The maximum Gasteiger partial charge on any atom is 0.310 e. The van der Waals surface area contributed by atoms with Gasteiger partial charge in [0.15, 0.2) is 8.32 Å². The van der Waals surface area contributed by atoms with Gasteiger partial charge in [0.25, 0.3) is 0 Å². The van der Waals surface area contributed by atoms with E-state index in [0.29, 0.717) is 0 Å². The van der Waals surface area contributed by atoms with Crippen molar-refractivity contribution in [2.24, 2.45) is 34.5 Å². The smallest absolute Gasteiger partial charge is 0.310 e. The molecule has 0 N–H and O–H groups in total. The fraction of sp³-hybridized carbons (Fsp3) is 0.815. The molecule has 1 fully saturated rings. The molecule has 6 heteroatoms. The molecule has 4 bridgehead atoms. The van der Waals surface area contributed by atoms with Gasteiger partial charge < -0.3 is 18.6 Å². The van der Waals surface area contributed by atoms with E-state index in [-0.39, 0.29) is 59.1 Å². The molecule has 0 heterocycles. The van der Waals surface area contributed by atoms with Crippen molar-refractivity contribution >= 4 is 14.3 Å². The fourth-order valence-corrected chi connectivity index (χ4v) is 8.30. The molecular formula is C27H46O5Si. The minimum atomic E-state index is -2.15. The molecule has 0 radical (unpaired) electrons. The summed E-state index contributed by atoms with van der Waals surface area (Å²) >= 11 is 0. The Kier molecular flexibility index (Phi) is 6.96. The van der Waals surface area contributed by atoms with Gasteiger partial charge in [-0.3, -0.25) is 4.79 Å². The highest BCUT2D eigenvalue weighted by atomic mass is 28.4.